The number of halogens is 2. The summed E-state index contributed by atoms with van der Waals surface area (Å²) in [4.78, 5) is 13.1. The van der Waals surface area contributed by atoms with Gasteiger partial charge in [0.05, 0.1) is 5.69 Å². The van der Waals surface area contributed by atoms with E-state index in [0.717, 1.165) is 6.07 Å². The summed E-state index contributed by atoms with van der Waals surface area (Å²) in [6, 6.07) is 6.51. The highest BCUT2D eigenvalue weighted by Crippen LogP contribution is 2.29. The Morgan fingerprint density at radius 1 is 1.15 bits per heavy atom. The molecule has 0 radical (unpaired) electrons. The van der Waals surface area contributed by atoms with Crippen LogP contribution in [0.2, 0.25) is 0 Å². The fourth-order valence-electron chi connectivity index (χ4n) is 3.40. The number of hydrogen-bond acceptors (Lipinski definition) is 4. The summed E-state index contributed by atoms with van der Waals surface area (Å²) >= 11 is 0. The predicted molar refractivity (Wildman–Crippen MR) is 94.9 cm³/mol. The highest BCUT2D eigenvalue weighted by atomic mass is 19.1. The number of rotatable bonds is 4. The molecule has 3 aromatic rings. The number of amides is 1. The number of anilines is 1. The van der Waals surface area contributed by atoms with Gasteiger partial charge in [0.15, 0.2) is 5.82 Å². The molecule has 1 aliphatic rings. The first kappa shape index (κ1) is 17.3. The molecule has 9 heteroatoms. The van der Waals surface area contributed by atoms with Crippen LogP contribution in [-0.4, -0.2) is 39.0 Å². The standard InChI is InChI=1S/C18H18F2N6O/c19-13-8-12(9-14(20)10-13)15-11-16(25-24-15)23-17(27)18(2-5-21-6-3-18)26-7-1-4-22-26/h1,4,7-11,21H,2-3,5-6H2,(H2,23,24,25,27). The number of carbonyl (C=O) groups excluding carboxylic acids is 1. The lowest BCUT2D eigenvalue weighted by molar-refractivity contribution is -0.126. The van der Waals surface area contributed by atoms with Crippen LogP contribution in [0.15, 0.2) is 42.7 Å². The second-order valence-corrected chi connectivity index (χ2v) is 6.51. The van der Waals surface area contributed by atoms with Crippen molar-refractivity contribution in [3.05, 3.63) is 54.4 Å². The molecule has 4 rings (SSSR count). The van der Waals surface area contributed by atoms with E-state index in [1.807, 2.05) is 0 Å². The second kappa shape index (κ2) is 6.92. The molecule has 1 aliphatic heterocycles. The normalized spacial score (nSPS) is 16.2. The van der Waals surface area contributed by atoms with Crippen LogP contribution in [0.3, 0.4) is 0 Å². The monoisotopic (exact) mass is 372 g/mol. The quantitative estimate of drug-likeness (QED) is 0.656. The fraction of sp³-hybridized carbons (Fsp3) is 0.278. The Morgan fingerprint density at radius 3 is 2.56 bits per heavy atom. The van der Waals surface area contributed by atoms with Crippen molar-refractivity contribution in [3.63, 3.8) is 0 Å². The third-order valence-electron chi connectivity index (χ3n) is 4.79. The van der Waals surface area contributed by atoms with Gasteiger partial charge in [-0.15, -0.1) is 0 Å². The van der Waals surface area contributed by atoms with Crippen LogP contribution < -0.4 is 10.6 Å². The lowest BCUT2D eigenvalue weighted by Crippen LogP contribution is -2.52. The van der Waals surface area contributed by atoms with E-state index in [1.54, 1.807) is 29.2 Å². The summed E-state index contributed by atoms with van der Waals surface area (Å²) in [7, 11) is 0. The smallest absolute Gasteiger partial charge is 0.253 e. The zero-order chi connectivity index (χ0) is 18.9. The Morgan fingerprint density at radius 2 is 1.89 bits per heavy atom. The van der Waals surface area contributed by atoms with Gasteiger partial charge in [-0.3, -0.25) is 14.6 Å². The molecule has 2 aromatic heterocycles. The van der Waals surface area contributed by atoms with Gasteiger partial charge in [0, 0.05) is 30.1 Å². The van der Waals surface area contributed by atoms with Crippen LogP contribution in [0.5, 0.6) is 0 Å². The molecule has 3 N–H and O–H groups in total. The van der Waals surface area contributed by atoms with Gasteiger partial charge < -0.3 is 10.6 Å². The lowest BCUT2D eigenvalue weighted by Gasteiger charge is -2.36. The molecule has 140 valence electrons. The summed E-state index contributed by atoms with van der Waals surface area (Å²) in [5.41, 5.74) is -0.0925. The number of piperidine rings is 1. The average molecular weight is 372 g/mol. The number of aromatic amines is 1. The highest BCUT2D eigenvalue weighted by molar-refractivity contribution is 5.96. The third-order valence-corrected chi connectivity index (χ3v) is 4.79. The van der Waals surface area contributed by atoms with Gasteiger partial charge in [-0.2, -0.15) is 10.2 Å². The number of H-pyrrole nitrogens is 1. The first-order valence-electron chi connectivity index (χ1n) is 8.61. The molecule has 0 aliphatic carbocycles. The van der Waals surface area contributed by atoms with E-state index in [1.165, 1.54) is 12.1 Å². The molecule has 1 amide bonds. The molecule has 7 nitrogen and oxygen atoms in total. The Balaban J connectivity index is 1.58. The Hall–Kier alpha value is -3.07. The lowest BCUT2D eigenvalue weighted by atomic mass is 9.87. The van der Waals surface area contributed by atoms with Gasteiger partial charge in [-0.1, -0.05) is 0 Å². The largest absolute Gasteiger partial charge is 0.317 e. The molecule has 0 bridgehead atoms. The minimum atomic E-state index is -0.807. The van der Waals surface area contributed by atoms with Gasteiger partial charge >= 0.3 is 0 Å². The zero-order valence-corrected chi connectivity index (χ0v) is 14.4. The maximum atomic E-state index is 13.4. The van der Waals surface area contributed by atoms with Gasteiger partial charge in [0.2, 0.25) is 0 Å². The number of hydrogen-bond donors (Lipinski definition) is 3. The van der Waals surface area contributed by atoms with E-state index in [2.05, 4.69) is 25.9 Å². The van der Waals surface area contributed by atoms with Crippen molar-refractivity contribution in [3.8, 4) is 11.3 Å². The molecule has 0 saturated carbocycles. The topological polar surface area (TPSA) is 87.6 Å². The van der Waals surface area contributed by atoms with E-state index in [9.17, 15) is 13.6 Å². The van der Waals surface area contributed by atoms with Crippen LogP contribution in [-0.2, 0) is 10.3 Å². The van der Waals surface area contributed by atoms with E-state index in [0.29, 0.717) is 37.2 Å². The summed E-state index contributed by atoms with van der Waals surface area (Å²) in [6.45, 7) is 1.39. The number of benzene rings is 1. The maximum absolute atomic E-state index is 13.4. The van der Waals surface area contributed by atoms with Crippen molar-refractivity contribution < 1.29 is 13.6 Å². The van der Waals surface area contributed by atoms with Crippen LogP contribution in [0.4, 0.5) is 14.6 Å². The second-order valence-electron chi connectivity index (χ2n) is 6.51. The van der Waals surface area contributed by atoms with Crippen LogP contribution in [0.1, 0.15) is 12.8 Å². The Bertz CT molecular complexity index is 926. The molecular formula is C18H18F2N6O. The molecule has 0 spiro atoms. The summed E-state index contributed by atoms with van der Waals surface area (Å²) in [5, 5.41) is 17.1. The van der Waals surface area contributed by atoms with Crippen LogP contribution in [0, 0.1) is 11.6 Å². The van der Waals surface area contributed by atoms with Crippen molar-refractivity contribution in [1.29, 1.82) is 0 Å². The van der Waals surface area contributed by atoms with Crippen molar-refractivity contribution >= 4 is 11.7 Å². The molecule has 3 heterocycles. The highest BCUT2D eigenvalue weighted by Gasteiger charge is 2.42. The predicted octanol–water partition coefficient (Wildman–Crippen LogP) is 2.27. The van der Waals surface area contributed by atoms with Crippen LogP contribution in [0.25, 0.3) is 11.3 Å². The SMILES string of the molecule is O=C(Nc1cc(-c2cc(F)cc(F)c2)[nH]n1)C1(n2cccn2)CCNCC1. The van der Waals surface area contributed by atoms with Gasteiger partial charge in [-0.05, 0) is 44.1 Å². The number of nitrogens with one attached hydrogen (secondary N) is 3. The Kier molecular flexibility index (Phi) is 4.44. The minimum Gasteiger partial charge on any atom is -0.317 e. The fourth-order valence-corrected chi connectivity index (χ4v) is 3.40. The molecule has 0 atom stereocenters. The summed E-state index contributed by atoms with van der Waals surface area (Å²) in [6.07, 6.45) is 4.60. The first-order valence-corrected chi connectivity index (χ1v) is 8.61. The van der Waals surface area contributed by atoms with Crippen LogP contribution >= 0.6 is 0 Å². The van der Waals surface area contributed by atoms with E-state index in [4.69, 9.17) is 0 Å². The number of nitrogens with zero attached hydrogens (tertiary/aromatic N) is 3. The van der Waals surface area contributed by atoms with Crippen molar-refractivity contribution in [2.75, 3.05) is 18.4 Å². The van der Waals surface area contributed by atoms with Crippen molar-refractivity contribution in [1.82, 2.24) is 25.3 Å². The first-order chi connectivity index (χ1) is 13.1. The summed E-state index contributed by atoms with van der Waals surface area (Å²) < 4.78 is 28.5. The van der Waals surface area contributed by atoms with Crippen molar-refractivity contribution in [2.45, 2.75) is 18.4 Å². The average Bonchev–Trinajstić information content (AvgIpc) is 3.34. The maximum Gasteiger partial charge on any atom is 0.253 e. The molecule has 27 heavy (non-hydrogen) atoms. The number of carbonyl (C=O) groups is 1. The van der Waals surface area contributed by atoms with E-state index >= 15 is 0 Å². The molecule has 0 unspecified atom stereocenters. The minimum absolute atomic E-state index is 0.226. The van der Waals surface area contributed by atoms with E-state index in [-0.39, 0.29) is 11.7 Å². The van der Waals surface area contributed by atoms with Gasteiger partial charge in [-0.25, -0.2) is 8.78 Å². The summed E-state index contributed by atoms with van der Waals surface area (Å²) in [5.74, 6) is -1.31. The molecular weight excluding hydrogens is 354 g/mol. The molecule has 1 fully saturated rings. The molecule has 1 saturated heterocycles. The van der Waals surface area contributed by atoms with E-state index < -0.39 is 17.2 Å². The van der Waals surface area contributed by atoms with Gasteiger partial charge in [0.1, 0.15) is 17.2 Å². The third kappa shape index (κ3) is 3.33. The van der Waals surface area contributed by atoms with Crippen molar-refractivity contribution in [2.24, 2.45) is 0 Å². The molecule has 1 aromatic carbocycles. The number of aromatic nitrogens is 4. The zero-order valence-electron chi connectivity index (χ0n) is 14.4. The Labute approximate surface area is 153 Å². The van der Waals surface area contributed by atoms with Gasteiger partial charge in [0.25, 0.3) is 5.91 Å².